The molecule has 0 aliphatic heterocycles. The number of furan rings is 1. The Balaban J connectivity index is 2.48. The van der Waals surface area contributed by atoms with Crippen LogP contribution < -0.4 is 5.43 Å². The molecule has 0 aliphatic rings. The molecular weight excluding hydrogens is 304 g/mol. The van der Waals surface area contributed by atoms with Gasteiger partial charge in [-0.1, -0.05) is 13.3 Å². The lowest BCUT2D eigenvalue weighted by molar-refractivity contribution is 0.0654. The molecule has 118 valence electrons. The fourth-order valence-corrected chi connectivity index (χ4v) is 2.56. The highest BCUT2D eigenvalue weighted by Gasteiger charge is 2.20. The number of carboxylic acids is 2. The third-order valence-corrected chi connectivity index (χ3v) is 3.51. The summed E-state index contributed by atoms with van der Waals surface area (Å²) in [6.07, 6.45) is 1.13. The molecule has 0 aliphatic carbocycles. The number of carboxylic acid groups (broad SMARTS) is 2. The second kappa shape index (κ2) is 5.28. The van der Waals surface area contributed by atoms with Crippen molar-refractivity contribution in [3.63, 3.8) is 0 Å². The molecule has 0 amide bonds. The molecule has 0 saturated carbocycles. The largest absolute Gasteiger partial charge is 0.475 e. The van der Waals surface area contributed by atoms with Crippen LogP contribution in [-0.4, -0.2) is 22.2 Å². The molecule has 0 unspecified atom stereocenters. The fourth-order valence-electron chi connectivity index (χ4n) is 2.56. The SMILES string of the molecule is CCCc1c2oc(C(=O)O)cc2cc2c(=O)cc(C(=O)O)oc12. The molecule has 1 aromatic carbocycles. The van der Waals surface area contributed by atoms with Gasteiger partial charge >= 0.3 is 11.9 Å². The van der Waals surface area contributed by atoms with E-state index < -0.39 is 23.1 Å². The number of hydrogen-bond acceptors (Lipinski definition) is 5. The zero-order valence-electron chi connectivity index (χ0n) is 12.1. The van der Waals surface area contributed by atoms with Crippen molar-refractivity contribution in [2.24, 2.45) is 0 Å². The van der Waals surface area contributed by atoms with Gasteiger partial charge in [-0.25, -0.2) is 9.59 Å². The number of carbonyl (C=O) groups is 2. The lowest BCUT2D eigenvalue weighted by Gasteiger charge is -2.06. The third-order valence-electron chi connectivity index (χ3n) is 3.51. The highest BCUT2D eigenvalue weighted by Crippen LogP contribution is 2.31. The number of rotatable bonds is 4. The van der Waals surface area contributed by atoms with Crippen molar-refractivity contribution in [1.29, 1.82) is 0 Å². The highest BCUT2D eigenvalue weighted by molar-refractivity contribution is 6.01. The maximum absolute atomic E-state index is 12.2. The molecule has 7 nitrogen and oxygen atoms in total. The Morgan fingerprint density at radius 1 is 1.00 bits per heavy atom. The molecule has 0 bridgehead atoms. The first kappa shape index (κ1) is 14.8. The molecular formula is C16H12O7. The van der Waals surface area contributed by atoms with Gasteiger partial charge in [0.15, 0.2) is 5.43 Å². The Labute approximate surface area is 128 Å². The second-order valence-corrected chi connectivity index (χ2v) is 5.10. The Kier molecular flexibility index (Phi) is 3.40. The number of aryl methyl sites for hydroxylation is 1. The molecule has 2 N–H and O–H groups in total. The van der Waals surface area contributed by atoms with Crippen molar-refractivity contribution in [3.05, 3.63) is 45.5 Å². The van der Waals surface area contributed by atoms with E-state index in [1.807, 2.05) is 6.92 Å². The van der Waals surface area contributed by atoms with Gasteiger partial charge in [0, 0.05) is 17.0 Å². The molecule has 23 heavy (non-hydrogen) atoms. The maximum atomic E-state index is 12.2. The van der Waals surface area contributed by atoms with E-state index in [9.17, 15) is 14.4 Å². The van der Waals surface area contributed by atoms with Crippen molar-refractivity contribution in [1.82, 2.24) is 0 Å². The second-order valence-electron chi connectivity index (χ2n) is 5.10. The standard InChI is InChI=1S/C16H12O7/c1-2-3-8-13-7(5-11(22-13)15(18)19)4-9-10(17)6-12(16(20)21)23-14(8)9/h4-6H,2-3H2,1H3,(H,18,19)(H,20,21). The molecule has 0 saturated heterocycles. The van der Waals surface area contributed by atoms with Crippen LogP contribution in [0.2, 0.25) is 0 Å². The molecule has 0 atom stereocenters. The Hall–Kier alpha value is -3.09. The summed E-state index contributed by atoms with van der Waals surface area (Å²) in [6.45, 7) is 1.89. The van der Waals surface area contributed by atoms with E-state index in [2.05, 4.69) is 0 Å². The normalized spacial score (nSPS) is 11.2. The minimum Gasteiger partial charge on any atom is -0.475 e. The summed E-state index contributed by atoms with van der Waals surface area (Å²) in [4.78, 5) is 34.4. The van der Waals surface area contributed by atoms with Gasteiger partial charge in [0.25, 0.3) is 0 Å². The summed E-state index contributed by atoms with van der Waals surface area (Å²) >= 11 is 0. The zero-order chi connectivity index (χ0) is 16.7. The number of aromatic carboxylic acids is 2. The summed E-state index contributed by atoms with van der Waals surface area (Å²) < 4.78 is 10.7. The van der Waals surface area contributed by atoms with Gasteiger partial charge in [0.1, 0.15) is 11.2 Å². The molecule has 0 fully saturated rings. The Bertz CT molecular complexity index is 1010. The maximum Gasteiger partial charge on any atom is 0.371 e. The summed E-state index contributed by atoms with van der Waals surface area (Å²) in [7, 11) is 0. The molecule has 3 aromatic rings. The van der Waals surface area contributed by atoms with Crippen LogP contribution >= 0.6 is 0 Å². The third kappa shape index (κ3) is 2.36. The lowest BCUT2D eigenvalue weighted by Crippen LogP contribution is -2.07. The molecule has 0 spiro atoms. The first-order valence-corrected chi connectivity index (χ1v) is 6.92. The van der Waals surface area contributed by atoms with Crippen molar-refractivity contribution in [2.45, 2.75) is 19.8 Å². The average molecular weight is 316 g/mol. The topological polar surface area (TPSA) is 118 Å². The van der Waals surface area contributed by atoms with E-state index in [0.717, 1.165) is 6.07 Å². The van der Waals surface area contributed by atoms with Crippen LogP contribution in [-0.2, 0) is 6.42 Å². The van der Waals surface area contributed by atoms with Crippen molar-refractivity contribution in [2.75, 3.05) is 0 Å². The van der Waals surface area contributed by atoms with Gasteiger partial charge in [-0.15, -0.1) is 0 Å². The van der Waals surface area contributed by atoms with Gasteiger partial charge in [-0.3, -0.25) is 4.79 Å². The van der Waals surface area contributed by atoms with E-state index in [1.165, 1.54) is 12.1 Å². The molecule has 0 radical (unpaired) electrons. The Morgan fingerprint density at radius 2 is 1.61 bits per heavy atom. The smallest absolute Gasteiger partial charge is 0.371 e. The van der Waals surface area contributed by atoms with Crippen LogP contribution in [0.25, 0.3) is 21.9 Å². The molecule has 2 aromatic heterocycles. The van der Waals surface area contributed by atoms with Crippen LogP contribution in [0.4, 0.5) is 0 Å². The average Bonchev–Trinajstić information content (AvgIpc) is 2.92. The number of fused-ring (bicyclic) bond motifs is 2. The molecule has 3 rings (SSSR count). The molecule has 2 heterocycles. The minimum atomic E-state index is -1.35. The highest BCUT2D eigenvalue weighted by atomic mass is 16.4. The van der Waals surface area contributed by atoms with Crippen LogP contribution in [0.15, 0.2) is 31.8 Å². The van der Waals surface area contributed by atoms with Crippen LogP contribution in [0, 0.1) is 0 Å². The van der Waals surface area contributed by atoms with Crippen LogP contribution in [0.1, 0.15) is 40.0 Å². The van der Waals surface area contributed by atoms with E-state index >= 15 is 0 Å². The monoisotopic (exact) mass is 316 g/mol. The number of benzene rings is 1. The van der Waals surface area contributed by atoms with Crippen LogP contribution in [0.5, 0.6) is 0 Å². The van der Waals surface area contributed by atoms with Gasteiger partial charge in [-0.2, -0.15) is 0 Å². The summed E-state index contributed by atoms with van der Waals surface area (Å²) in [5.41, 5.74) is 0.409. The van der Waals surface area contributed by atoms with Crippen molar-refractivity contribution in [3.8, 4) is 0 Å². The van der Waals surface area contributed by atoms with E-state index in [0.29, 0.717) is 29.4 Å². The Morgan fingerprint density at radius 3 is 2.22 bits per heavy atom. The predicted molar refractivity (Wildman–Crippen MR) is 80.2 cm³/mol. The van der Waals surface area contributed by atoms with Gasteiger partial charge in [0.2, 0.25) is 11.5 Å². The van der Waals surface area contributed by atoms with Gasteiger partial charge in [-0.05, 0) is 18.6 Å². The zero-order valence-corrected chi connectivity index (χ0v) is 12.1. The first-order chi connectivity index (χ1) is 10.9. The van der Waals surface area contributed by atoms with E-state index in [1.54, 1.807) is 0 Å². The van der Waals surface area contributed by atoms with Gasteiger partial charge in [0.05, 0.1) is 5.39 Å². The molecule has 7 heteroatoms. The summed E-state index contributed by atoms with van der Waals surface area (Å²) in [5.74, 6) is -3.29. The number of hydrogen-bond donors (Lipinski definition) is 2. The van der Waals surface area contributed by atoms with E-state index in [-0.39, 0.29) is 16.7 Å². The fraction of sp³-hybridized carbons (Fsp3) is 0.188. The minimum absolute atomic E-state index is 0.121. The first-order valence-electron chi connectivity index (χ1n) is 6.92. The summed E-state index contributed by atoms with van der Waals surface area (Å²) in [5, 5.41) is 18.8. The van der Waals surface area contributed by atoms with Gasteiger partial charge < -0.3 is 19.0 Å². The quantitative estimate of drug-likeness (QED) is 0.759. The van der Waals surface area contributed by atoms with E-state index in [4.69, 9.17) is 19.0 Å². The summed E-state index contributed by atoms with van der Waals surface area (Å²) in [6, 6.07) is 3.70. The van der Waals surface area contributed by atoms with Crippen molar-refractivity contribution >= 4 is 33.9 Å². The van der Waals surface area contributed by atoms with Crippen molar-refractivity contribution < 1.29 is 28.6 Å². The van der Waals surface area contributed by atoms with Crippen LogP contribution in [0.3, 0.4) is 0 Å². The lowest BCUT2D eigenvalue weighted by atomic mass is 10.0. The predicted octanol–water partition coefficient (Wildman–Crippen LogP) is 2.89.